The first-order valence-electron chi connectivity index (χ1n) is 7.21. The number of nitrogens with one attached hydrogen (secondary N) is 2. The van der Waals surface area contributed by atoms with Crippen LogP contribution in [0.5, 0.6) is 0 Å². The largest absolute Gasteiger partial charge is 0.396 e. The molecule has 0 aliphatic heterocycles. The topological polar surface area (TPSA) is 78.4 Å². The van der Waals surface area contributed by atoms with Crippen LogP contribution in [-0.4, -0.2) is 29.6 Å². The first-order valence-corrected chi connectivity index (χ1v) is 7.21. The smallest absolute Gasteiger partial charge is 0.247 e. The van der Waals surface area contributed by atoms with Crippen LogP contribution in [0.3, 0.4) is 0 Å². The van der Waals surface area contributed by atoms with Gasteiger partial charge in [-0.3, -0.25) is 9.59 Å². The molecule has 1 atom stereocenters. The maximum Gasteiger partial charge on any atom is 0.247 e. The summed E-state index contributed by atoms with van der Waals surface area (Å²) in [4.78, 5) is 23.4. The van der Waals surface area contributed by atoms with E-state index in [0.29, 0.717) is 12.1 Å². The number of carbonyl (C=O) groups is 2. The average Bonchev–Trinajstić information content (AvgIpc) is 2.42. The Kier molecular flexibility index (Phi) is 6.88. The van der Waals surface area contributed by atoms with E-state index >= 15 is 0 Å². The van der Waals surface area contributed by atoms with Crippen LogP contribution < -0.4 is 10.6 Å². The lowest BCUT2D eigenvalue weighted by Gasteiger charge is -2.21. The van der Waals surface area contributed by atoms with Crippen molar-refractivity contribution in [2.75, 3.05) is 11.9 Å². The number of hydrogen-bond acceptors (Lipinski definition) is 3. The molecular formula is C16H24N2O3. The second kappa shape index (κ2) is 8.42. The molecule has 0 radical (unpaired) electrons. The highest BCUT2D eigenvalue weighted by Gasteiger charge is 2.22. The van der Waals surface area contributed by atoms with Crippen LogP contribution in [0.1, 0.15) is 32.8 Å². The third kappa shape index (κ3) is 5.95. The Balaban J connectivity index is 2.74. The molecule has 2 amide bonds. The number of rotatable bonds is 7. The second-order valence-electron chi connectivity index (χ2n) is 5.44. The van der Waals surface area contributed by atoms with Gasteiger partial charge >= 0.3 is 0 Å². The molecule has 1 unspecified atom stereocenters. The van der Waals surface area contributed by atoms with Crippen LogP contribution in [0.4, 0.5) is 5.69 Å². The lowest BCUT2D eigenvalue weighted by molar-refractivity contribution is -0.126. The first kappa shape index (κ1) is 17.2. The van der Waals surface area contributed by atoms with Gasteiger partial charge in [0.2, 0.25) is 11.8 Å². The van der Waals surface area contributed by atoms with Gasteiger partial charge in [0.25, 0.3) is 0 Å². The van der Waals surface area contributed by atoms with E-state index in [-0.39, 0.29) is 24.3 Å². The lowest BCUT2D eigenvalue weighted by atomic mass is 10.0. The van der Waals surface area contributed by atoms with Gasteiger partial charge in [-0.1, -0.05) is 26.0 Å². The SMILES string of the molecule is CC(=O)NC(C(=O)Nc1cccc(CCCO)c1)C(C)C. The Morgan fingerprint density at radius 1 is 1.29 bits per heavy atom. The summed E-state index contributed by atoms with van der Waals surface area (Å²) in [5.41, 5.74) is 1.76. The molecule has 0 spiro atoms. The molecule has 0 aromatic heterocycles. The third-order valence-electron chi connectivity index (χ3n) is 3.13. The molecule has 5 nitrogen and oxygen atoms in total. The number of carbonyl (C=O) groups excluding carboxylic acids is 2. The fraction of sp³-hybridized carbons (Fsp3) is 0.500. The van der Waals surface area contributed by atoms with E-state index in [1.54, 1.807) is 0 Å². The van der Waals surface area contributed by atoms with E-state index in [1.807, 2.05) is 38.1 Å². The van der Waals surface area contributed by atoms with Crippen LogP contribution in [0.2, 0.25) is 0 Å². The average molecular weight is 292 g/mol. The quantitative estimate of drug-likeness (QED) is 0.716. The number of anilines is 1. The molecule has 0 saturated heterocycles. The lowest BCUT2D eigenvalue weighted by Crippen LogP contribution is -2.46. The number of benzene rings is 1. The summed E-state index contributed by atoms with van der Waals surface area (Å²) in [7, 11) is 0. The molecule has 1 aromatic carbocycles. The maximum atomic E-state index is 12.2. The molecular weight excluding hydrogens is 268 g/mol. The van der Waals surface area contributed by atoms with Gasteiger partial charge < -0.3 is 15.7 Å². The number of hydrogen-bond donors (Lipinski definition) is 3. The molecule has 116 valence electrons. The number of aryl methyl sites for hydroxylation is 1. The normalized spacial score (nSPS) is 12.0. The molecule has 0 aliphatic carbocycles. The monoisotopic (exact) mass is 292 g/mol. The zero-order valence-corrected chi connectivity index (χ0v) is 12.8. The van der Waals surface area contributed by atoms with Crippen molar-refractivity contribution in [2.45, 2.75) is 39.7 Å². The fourth-order valence-corrected chi connectivity index (χ4v) is 2.06. The Bertz CT molecular complexity index is 486. The molecule has 0 aliphatic rings. The van der Waals surface area contributed by atoms with Crippen LogP contribution in [-0.2, 0) is 16.0 Å². The van der Waals surface area contributed by atoms with E-state index in [4.69, 9.17) is 5.11 Å². The van der Waals surface area contributed by atoms with E-state index in [9.17, 15) is 9.59 Å². The third-order valence-corrected chi connectivity index (χ3v) is 3.13. The van der Waals surface area contributed by atoms with Gasteiger partial charge in [0.1, 0.15) is 6.04 Å². The summed E-state index contributed by atoms with van der Waals surface area (Å²) < 4.78 is 0. The predicted octanol–water partition coefficient (Wildman–Crippen LogP) is 1.71. The van der Waals surface area contributed by atoms with Gasteiger partial charge in [-0.2, -0.15) is 0 Å². The van der Waals surface area contributed by atoms with E-state index in [1.165, 1.54) is 6.92 Å². The summed E-state index contributed by atoms with van der Waals surface area (Å²) in [6, 6.07) is 6.97. The van der Waals surface area contributed by atoms with Crippen molar-refractivity contribution in [1.29, 1.82) is 0 Å². The van der Waals surface area contributed by atoms with Crippen LogP contribution in [0, 0.1) is 5.92 Å². The number of aliphatic hydroxyl groups is 1. The highest BCUT2D eigenvalue weighted by atomic mass is 16.3. The summed E-state index contributed by atoms with van der Waals surface area (Å²) in [6.07, 6.45) is 1.46. The molecule has 21 heavy (non-hydrogen) atoms. The van der Waals surface area contributed by atoms with Crippen LogP contribution in [0.15, 0.2) is 24.3 Å². The number of aliphatic hydroxyl groups excluding tert-OH is 1. The van der Waals surface area contributed by atoms with Gasteiger partial charge in [0, 0.05) is 19.2 Å². The van der Waals surface area contributed by atoms with Gasteiger partial charge in [0.15, 0.2) is 0 Å². The van der Waals surface area contributed by atoms with E-state index in [0.717, 1.165) is 12.0 Å². The van der Waals surface area contributed by atoms with Crippen molar-refractivity contribution in [3.05, 3.63) is 29.8 Å². The van der Waals surface area contributed by atoms with Crippen molar-refractivity contribution in [3.8, 4) is 0 Å². The predicted molar refractivity (Wildman–Crippen MR) is 82.9 cm³/mol. The van der Waals surface area contributed by atoms with Gasteiger partial charge in [0.05, 0.1) is 0 Å². The molecule has 1 aromatic rings. The fourth-order valence-electron chi connectivity index (χ4n) is 2.06. The molecule has 3 N–H and O–H groups in total. The minimum absolute atomic E-state index is 0.00599. The van der Waals surface area contributed by atoms with Gasteiger partial charge in [-0.15, -0.1) is 0 Å². The van der Waals surface area contributed by atoms with Crippen LogP contribution in [0.25, 0.3) is 0 Å². The Hall–Kier alpha value is -1.88. The van der Waals surface area contributed by atoms with Gasteiger partial charge in [-0.25, -0.2) is 0 Å². The minimum Gasteiger partial charge on any atom is -0.396 e. The maximum absolute atomic E-state index is 12.2. The Morgan fingerprint density at radius 2 is 2.00 bits per heavy atom. The van der Waals surface area contributed by atoms with Crippen molar-refractivity contribution >= 4 is 17.5 Å². The van der Waals surface area contributed by atoms with Crippen molar-refractivity contribution < 1.29 is 14.7 Å². The first-order chi connectivity index (χ1) is 9.93. The second-order valence-corrected chi connectivity index (χ2v) is 5.44. The highest BCUT2D eigenvalue weighted by molar-refractivity contribution is 5.97. The van der Waals surface area contributed by atoms with Crippen molar-refractivity contribution in [2.24, 2.45) is 5.92 Å². The zero-order valence-electron chi connectivity index (χ0n) is 12.8. The Labute approximate surface area is 125 Å². The molecule has 0 saturated carbocycles. The Morgan fingerprint density at radius 3 is 2.57 bits per heavy atom. The van der Waals surface area contributed by atoms with Gasteiger partial charge in [-0.05, 0) is 36.5 Å². The summed E-state index contributed by atoms with van der Waals surface area (Å²) in [6.45, 7) is 5.32. The highest BCUT2D eigenvalue weighted by Crippen LogP contribution is 2.14. The summed E-state index contributed by atoms with van der Waals surface area (Å²) >= 11 is 0. The molecule has 0 heterocycles. The van der Waals surface area contributed by atoms with Crippen molar-refractivity contribution in [1.82, 2.24) is 5.32 Å². The van der Waals surface area contributed by atoms with Crippen molar-refractivity contribution in [3.63, 3.8) is 0 Å². The van der Waals surface area contributed by atoms with E-state index < -0.39 is 6.04 Å². The zero-order chi connectivity index (χ0) is 15.8. The standard InChI is InChI=1S/C16H24N2O3/c1-11(2)15(17-12(3)20)16(21)18-14-8-4-6-13(10-14)7-5-9-19/h4,6,8,10-11,15,19H,5,7,9H2,1-3H3,(H,17,20)(H,18,21). The summed E-state index contributed by atoms with van der Waals surface area (Å²) in [5, 5.41) is 14.3. The summed E-state index contributed by atoms with van der Waals surface area (Å²) in [5.74, 6) is -0.438. The molecule has 0 fully saturated rings. The van der Waals surface area contributed by atoms with Crippen LogP contribution >= 0.6 is 0 Å². The molecule has 5 heteroatoms. The minimum atomic E-state index is -0.552. The van der Waals surface area contributed by atoms with E-state index in [2.05, 4.69) is 10.6 Å². The molecule has 1 rings (SSSR count). The number of amides is 2. The molecule has 0 bridgehead atoms.